The number of nitrogens with zero attached hydrogens (tertiary/aromatic N) is 3. The maximum atomic E-state index is 12.5. The topological polar surface area (TPSA) is 98.7 Å². The van der Waals surface area contributed by atoms with Crippen LogP contribution in [0.4, 0.5) is 0 Å². The first-order valence-electron chi connectivity index (χ1n) is 8.30. The van der Waals surface area contributed by atoms with Crippen LogP contribution >= 0.6 is 0 Å². The molecule has 2 amide bonds. The summed E-state index contributed by atoms with van der Waals surface area (Å²) in [6, 6.07) is 12.8. The van der Waals surface area contributed by atoms with Crippen molar-refractivity contribution in [1.29, 1.82) is 0 Å². The number of carbonyl (C=O) groups excluding carboxylic acids is 3. The molecule has 3 heterocycles. The number of ether oxygens (including phenoxy) is 2. The molecule has 0 saturated carbocycles. The van der Waals surface area contributed by atoms with Gasteiger partial charge in [-0.1, -0.05) is 12.1 Å². The molecular weight excluding hydrogens is 362 g/mol. The zero-order chi connectivity index (χ0) is 19.5. The molecule has 0 atom stereocenters. The van der Waals surface area contributed by atoms with Gasteiger partial charge in [0.2, 0.25) is 5.88 Å². The highest BCUT2D eigenvalue weighted by molar-refractivity contribution is 6.21. The number of hydrogen-bond acceptors (Lipinski definition) is 7. The molecule has 0 aliphatic carbocycles. The first kappa shape index (κ1) is 17.3. The number of imide groups is 1. The van der Waals surface area contributed by atoms with Crippen LogP contribution in [0.3, 0.4) is 0 Å². The summed E-state index contributed by atoms with van der Waals surface area (Å²) in [5.41, 5.74) is 0.624. The molecule has 0 saturated heterocycles. The maximum Gasteiger partial charge on any atom is 0.345 e. The van der Waals surface area contributed by atoms with Gasteiger partial charge in [0.25, 0.3) is 11.8 Å². The van der Waals surface area contributed by atoms with Crippen molar-refractivity contribution in [2.45, 2.75) is 0 Å². The van der Waals surface area contributed by atoms with Gasteiger partial charge < -0.3 is 9.47 Å². The maximum absolute atomic E-state index is 12.5. The molecule has 0 radical (unpaired) electrons. The molecule has 1 aliphatic heterocycles. The summed E-state index contributed by atoms with van der Waals surface area (Å²) in [7, 11) is 0. The summed E-state index contributed by atoms with van der Waals surface area (Å²) in [5, 5.41) is 0. The molecule has 0 fully saturated rings. The fourth-order valence-electron chi connectivity index (χ4n) is 2.70. The van der Waals surface area contributed by atoms with Crippen LogP contribution in [0, 0.1) is 0 Å². The predicted octanol–water partition coefficient (Wildman–Crippen LogP) is 2.68. The van der Waals surface area contributed by atoms with Gasteiger partial charge in [0.15, 0.2) is 6.73 Å². The summed E-state index contributed by atoms with van der Waals surface area (Å²) in [6.07, 6.45) is 4.53. The molecule has 0 bridgehead atoms. The van der Waals surface area contributed by atoms with Crippen LogP contribution in [-0.4, -0.2) is 39.4 Å². The van der Waals surface area contributed by atoms with Crippen molar-refractivity contribution >= 4 is 17.8 Å². The summed E-state index contributed by atoms with van der Waals surface area (Å²) < 4.78 is 10.7. The minimum absolute atomic E-state index is 0.0304. The van der Waals surface area contributed by atoms with E-state index in [0.29, 0.717) is 5.75 Å². The largest absolute Gasteiger partial charge is 0.440 e. The molecule has 4 rings (SSSR count). The summed E-state index contributed by atoms with van der Waals surface area (Å²) in [6.45, 7) is -0.508. The van der Waals surface area contributed by atoms with Gasteiger partial charge in [-0.3, -0.25) is 14.6 Å². The van der Waals surface area contributed by atoms with E-state index in [0.717, 1.165) is 4.90 Å². The Labute approximate surface area is 159 Å². The normalized spacial score (nSPS) is 12.6. The number of carbonyl (C=O) groups is 3. The Kier molecular flexibility index (Phi) is 4.51. The fourth-order valence-corrected chi connectivity index (χ4v) is 2.70. The van der Waals surface area contributed by atoms with Crippen LogP contribution in [0.2, 0.25) is 0 Å². The molecule has 138 valence electrons. The summed E-state index contributed by atoms with van der Waals surface area (Å²) in [4.78, 5) is 46.0. The van der Waals surface area contributed by atoms with E-state index in [1.807, 2.05) is 0 Å². The van der Waals surface area contributed by atoms with E-state index in [9.17, 15) is 14.4 Å². The van der Waals surface area contributed by atoms with Gasteiger partial charge in [-0.15, -0.1) is 0 Å². The van der Waals surface area contributed by atoms with Gasteiger partial charge in [0, 0.05) is 12.4 Å². The van der Waals surface area contributed by atoms with Crippen molar-refractivity contribution in [2.75, 3.05) is 6.73 Å². The number of fused-ring (bicyclic) bond motifs is 1. The minimum Gasteiger partial charge on any atom is -0.440 e. The van der Waals surface area contributed by atoms with Crippen molar-refractivity contribution < 1.29 is 23.9 Å². The van der Waals surface area contributed by atoms with Crippen molar-refractivity contribution in [2.24, 2.45) is 0 Å². The lowest BCUT2D eigenvalue weighted by atomic mass is 10.1. The minimum atomic E-state index is -0.774. The Balaban J connectivity index is 1.48. The van der Waals surface area contributed by atoms with E-state index in [-0.39, 0.29) is 22.6 Å². The second-order valence-electron chi connectivity index (χ2n) is 5.79. The van der Waals surface area contributed by atoms with E-state index in [4.69, 9.17) is 9.47 Å². The van der Waals surface area contributed by atoms with Crippen LogP contribution in [-0.2, 0) is 4.74 Å². The SMILES string of the molecule is O=C(OCN1C(=O)c2ccccc2C1=O)c1cccnc1Oc1cccnc1. The van der Waals surface area contributed by atoms with E-state index in [1.54, 1.807) is 48.7 Å². The Morgan fingerprint density at radius 3 is 2.32 bits per heavy atom. The van der Waals surface area contributed by atoms with Crippen molar-refractivity contribution in [3.05, 3.63) is 83.8 Å². The van der Waals surface area contributed by atoms with E-state index >= 15 is 0 Å². The van der Waals surface area contributed by atoms with Gasteiger partial charge in [0.05, 0.1) is 17.3 Å². The third kappa shape index (κ3) is 3.18. The number of benzene rings is 1. The Hall–Kier alpha value is -4.07. The number of hydrogen-bond donors (Lipinski definition) is 0. The lowest BCUT2D eigenvalue weighted by Crippen LogP contribution is -2.33. The molecule has 2 aromatic heterocycles. The molecule has 3 aromatic rings. The third-order valence-electron chi connectivity index (χ3n) is 4.04. The fraction of sp³-hybridized carbons (Fsp3) is 0.0500. The molecular formula is C20H13N3O5. The van der Waals surface area contributed by atoms with Gasteiger partial charge >= 0.3 is 5.97 Å². The third-order valence-corrected chi connectivity index (χ3v) is 4.04. The molecule has 0 unspecified atom stereocenters. The first-order chi connectivity index (χ1) is 13.6. The molecule has 28 heavy (non-hydrogen) atoms. The van der Waals surface area contributed by atoms with Crippen LogP contribution < -0.4 is 4.74 Å². The zero-order valence-corrected chi connectivity index (χ0v) is 14.4. The van der Waals surface area contributed by atoms with Gasteiger partial charge in [-0.25, -0.2) is 14.7 Å². The molecule has 8 nitrogen and oxygen atoms in total. The van der Waals surface area contributed by atoms with Crippen LogP contribution in [0.1, 0.15) is 31.1 Å². The second kappa shape index (κ2) is 7.28. The molecule has 1 aliphatic rings. The van der Waals surface area contributed by atoms with Crippen LogP contribution in [0.15, 0.2) is 67.1 Å². The van der Waals surface area contributed by atoms with Crippen LogP contribution in [0.25, 0.3) is 0 Å². The number of pyridine rings is 2. The quantitative estimate of drug-likeness (QED) is 0.499. The number of rotatable bonds is 5. The van der Waals surface area contributed by atoms with Crippen molar-refractivity contribution in [1.82, 2.24) is 14.9 Å². The summed E-state index contributed by atoms with van der Waals surface area (Å²) in [5.74, 6) is -1.36. The first-order valence-corrected chi connectivity index (χ1v) is 8.30. The zero-order valence-electron chi connectivity index (χ0n) is 14.4. The van der Waals surface area contributed by atoms with Gasteiger partial charge in [-0.2, -0.15) is 0 Å². The number of aromatic nitrogens is 2. The highest BCUT2D eigenvalue weighted by Crippen LogP contribution is 2.24. The molecule has 1 aromatic carbocycles. The summed E-state index contributed by atoms with van der Waals surface area (Å²) >= 11 is 0. The van der Waals surface area contributed by atoms with Crippen molar-refractivity contribution in [3.63, 3.8) is 0 Å². The average molecular weight is 375 g/mol. The Morgan fingerprint density at radius 1 is 0.929 bits per heavy atom. The lowest BCUT2D eigenvalue weighted by Gasteiger charge is -2.14. The van der Waals surface area contributed by atoms with E-state index < -0.39 is 24.5 Å². The monoisotopic (exact) mass is 375 g/mol. The van der Waals surface area contributed by atoms with E-state index in [1.165, 1.54) is 18.5 Å². The smallest absolute Gasteiger partial charge is 0.345 e. The van der Waals surface area contributed by atoms with Crippen molar-refractivity contribution in [3.8, 4) is 11.6 Å². The standard InChI is InChI=1S/C20H13N3O5/c24-18-14-6-1-2-7-15(14)19(25)23(18)12-27-20(26)16-8-4-10-22-17(16)28-13-5-3-9-21-11-13/h1-11H,12H2. The molecule has 0 spiro atoms. The number of amides is 2. The predicted molar refractivity (Wildman–Crippen MR) is 95.8 cm³/mol. The van der Waals surface area contributed by atoms with Crippen LogP contribution in [0.5, 0.6) is 11.6 Å². The highest BCUT2D eigenvalue weighted by Gasteiger charge is 2.36. The Bertz CT molecular complexity index is 1030. The van der Waals surface area contributed by atoms with Gasteiger partial charge in [0.1, 0.15) is 11.3 Å². The van der Waals surface area contributed by atoms with Gasteiger partial charge in [-0.05, 0) is 36.4 Å². The Morgan fingerprint density at radius 2 is 1.64 bits per heavy atom. The lowest BCUT2D eigenvalue weighted by molar-refractivity contribution is 0.0226. The van der Waals surface area contributed by atoms with E-state index in [2.05, 4.69) is 9.97 Å². The molecule has 8 heteroatoms. The molecule has 0 N–H and O–H groups in total. The second-order valence-corrected chi connectivity index (χ2v) is 5.79. The average Bonchev–Trinajstić information content (AvgIpc) is 2.98. The number of esters is 1. The highest BCUT2D eigenvalue weighted by atomic mass is 16.5.